The van der Waals surface area contributed by atoms with Crippen molar-refractivity contribution in [2.24, 2.45) is 0 Å². The lowest BCUT2D eigenvalue weighted by molar-refractivity contribution is 0.0963. The van der Waals surface area contributed by atoms with Gasteiger partial charge in [0, 0.05) is 13.2 Å². The first kappa shape index (κ1) is 5.81. The first-order valence-electron chi connectivity index (χ1n) is 2.48. The Kier molecular flexibility index (Phi) is 1.48. The number of nitrogens with zero attached hydrogens (tertiary/aromatic N) is 1. The minimum Gasteiger partial charge on any atom is -0.355 e. The molecule has 4 heteroatoms. The highest BCUT2D eigenvalue weighted by atomic mass is 16.1. The van der Waals surface area contributed by atoms with Crippen LogP contribution in [-0.4, -0.2) is 23.2 Å². The molecule has 1 amide bonds. The summed E-state index contributed by atoms with van der Waals surface area (Å²) in [4.78, 5) is 10.7. The van der Waals surface area contributed by atoms with Gasteiger partial charge in [0.1, 0.15) is 6.20 Å². The molecule has 1 aromatic heterocycles. The third-order valence-electron chi connectivity index (χ3n) is 0.921. The minimum absolute atomic E-state index is 0.177. The highest BCUT2D eigenvalue weighted by Crippen LogP contribution is 1.89. The summed E-state index contributed by atoms with van der Waals surface area (Å²) in [5.74, 6) is -0.177. The van der Waals surface area contributed by atoms with Crippen molar-refractivity contribution in [2.45, 2.75) is 0 Å². The zero-order chi connectivity index (χ0) is 6.69. The van der Waals surface area contributed by atoms with Crippen LogP contribution in [0.3, 0.4) is 0 Å². The topological polar surface area (TPSA) is 57.8 Å². The molecular formula is C5H6N3O. The Balaban J connectivity index is 2.77. The molecule has 2 N–H and O–H groups in total. The van der Waals surface area contributed by atoms with Crippen LogP contribution >= 0.6 is 0 Å². The molecule has 0 spiro atoms. The molecule has 0 aliphatic rings. The van der Waals surface area contributed by atoms with Gasteiger partial charge in [0.15, 0.2) is 0 Å². The number of aromatic nitrogens is 2. The second-order valence-corrected chi connectivity index (χ2v) is 1.49. The second kappa shape index (κ2) is 2.30. The third kappa shape index (κ3) is 1.07. The maximum Gasteiger partial charge on any atom is 0.254 e. The van der Waals surface area contributed by atoms with Crippen LogP contribution in [0.5, 0.6) is 0 Å². The van der Waals surface area contributed by atoms with E-state index in [1.165, 1.54) is 6.20 Å². The van der Waals surface area contributed by atoms with E-state index in [2.05, 4.69) is 21.7 Å². The van der Waals surface area contributed by atoms with E-state index in [9.17, 15) is 4.79 Å². The van der Waals surface area contributed by atoms with Crippen LogP contribution in [0, 0.1) is 6.20 Å². The Labute approximate surface area is 52.3 Å². The molecule has 1 radical (unpaired) electrons. The predicted octanol–water partition coefficient (Wildman–Crippen LogP) is -0.431. The van der Waals surface area contributed by atoms with Crippen LogP contribution in [-0.2, 0) is 0 Å². The molecule has 0 aliphatic carbocycles. The lowest BCUT2D eigenvalue weighted by Crippen LogP contribution is -2.16. The minimum atomic E-state index is -0.177. The first-order chi connectivity index (χ1) is 4.34. The fourth-order valence-electron chi connectivity index (χ4n) is 0.473. The molecule has 0 unspecified atom stereocenters. The quantitative estimate of drug-likeness (QED) is 0.533. The third-order valence-corrected chi connectivity index (χ3v) is 0.921. The molecule has 0 fully saturated rings. The van der Waals surface area contributed by atoms with Crippen LogP contribution in [0.1, 0.15) is 10.4 Å². The summed E-state index contributed by atoms with van der Waals surface area (Å²) < 4.78 is 0. The molecule has 1 heterocycles. The summed E-state index contributed by atoms with van der Waals surface area (Å²) in [5, 5.41) is 8.40. The summed E-state index contributed by atoms with van der Waals surface area (Å²) >= 11 is 0. The van der Waals surface area contributed by atoms with Gasteiger partial charge in [-0.25, -0.2) is 0 Å². The molecule has 0 aromatic carbocycles. The van der Waals surface area contributed by atoms with E-state index < -0.39 is 0 Å². The lowest BCUT2D eigenvalue weighted by atomic mass is 10.3. The van der Waals surface area contributed by atoms with Crippen LogP contribution in [0.2, 0.25) is 0 Å². The number of aromatic amines is 1. The highest BCUT2D eigenvalue weighted by Gasteiger charge is 2.01. The van der Waals surface area contributed by atoms with Crippen molar-refractivity contribution in [3.8, 4) is 0 Å². The van der Waals surface area contributed by atoms with Crippen LogP contribution in [0.15, 0.2) is 6.20 Å². The van der Waals surface area contributed by atoms with Gasteiger partial charge in [0.05, 0.1) is 5.56 Å². The van der Waals surface area contributed by atoms with E-state index in [4.69, 9.17) is 0 Å². The van der Waals surface area contributed by atoms with Crippen molar-refractivity contribution in [1.82, 2.24) is 15.5 Å². The standard InChI is InChI=1S/C5H6N3O/c1-6-5(9)4-2-7-8-3-4/h2H,1H3,(H,6,9)(H,7,8). The molecule has 1 rings (SSSR count). The number of carbonyl (C=O) groups excluding carboxylic acids is 1. The van der Waals surface area contributed by atoms with E-state index in [0.29, 0.717) is 5.56 Å². The number of H-pyrrole nitrogens is 1. The monoisotopic (exact) mass is 124 g/mol. The van der Waals surface area contributed by atoms with Gasteiger partial charge in [-0.2, -0.15) is 5.10 Å². The van der Waals surface area contributed by atoms with Crippen molar-refractivity contribution in [3.05, 3.63) is 18.0 Å². The van der Waals surface area contributed by atoms with Crippen LogP contribution < -0.4 is 5.32 Å². The van der Waals surface area contributed by atoms with Gasteiger partial charge < -0.3 is 5.32 Å². The van der Waals surface area contributed by atoms with Crippen LogP contribution in [0.4, 0.5) is 0 Å². The summed E-state index contributed by atoms with van der Waals surface area (Å²) in [6, 6.07) is 0. The molecule has 9 heavy (non-hydrogen) atoms. The average molecular weight is 124 g/mol. The van der Waals surface area contributed by atoms with Gasteiger partial charge in [-0.15, -0.1) is 0 Å². The van der Waals surface area contributed by atoms with Crippen molar-refractivity contribution < 1.29 is 4.79 Å². The highest BCUT2D eigenvalue weighted by molar-refractivity contribution is 5.93. The molecule has 0 atom stereocenters. The zero-order valence-corrected chi connectivity index (χ0v) is 4.93. The Morgan fingerprint density at radius 2 is 2.78 bits per heavy atom. The summed E-state index contributed by atoms with van der Waals surface area (Å²) in [7, 11) is 1.56. The number of hydrogen-bond acceptors (Lipinski definition) is 2. The van der Waals surface area contributed by atoms with Gasteiger partial charge >= 0.3 is 0 Å². The van der Waals surface area contributed by atoms with Gasteiger partial charge in [-0.3, -0.25) is 9.89 Å². The molecular weight excluding hydrogens is 118 g/mol. The normalized spacial score (nSPS) is 9.00. The summed E-state index contributed by atoms with van der Waals surface area (Å²) in [6.07, 6.45) is 3.96. The van der Waals surface area contributed by atoms with E-state index in [1.807, 2.05) is 0 Å². The van der Waals surface area contributed by atoms with E-state index in [0.717, 1.165) is 0 Å². The van der Waals surface area contributed by atoms with Crippen molar-refractivity contribution in [1.29, 1.82) is 0 Å². The Hall–Kier alpha value is -1.32. The second-order valence-electron chi connectivity index (χ2n) is 1.49. The Bertz CT molecular complexity index is 192. The lowest BCUT2D eigenvalue weighted by Gasteiger charge is -1.89. The first-order valence-corrected chi connectivity index (χ1v) is 2.48. The van der Waals surface area contributed by atoms with Gasteiger partial charge in [0.2, 0.25) is 0 Å². The fraction of sp³-hybridized carbons (Fsp3) is 0.200. The van der Waals surface area contributed by atoms with E-state index in [1.54, 1.807) is 7.05 Å². The summed E-state index contributed by atoms with van der Waals surface area (Å²) in [6.45, 7) is 0. The smallest absolute Gasteiger partial charge is 0.254 e. The van der Waals surface area contributed by atoms with E-state index >= 15 is 0 Å². The number of nitrogens with one attached hydrogen (secondary N) is 2. The summed E-state index contributed by atoms with van der Waals surface area (Å²) in [5.41, 5.74) is 0.428. The Morgan fingerprint density at radius 1 is 2.00 bits per heavy atom. The molecule has 0 aliphatic heterocycles. The van der Waals surface area contributed by atoms with Crippen molar-refractivity contribution >= 4 is 5.91 Å². The number of rotatable bonds is 1. The fourth-order valence-corrected chi connectivity index (χ4v) is 0.473. The van der Waals surface area contributed by atoms with Crippen LogP contribution in [0.25, 0.3) is 0 Å². The number of amides is 1. The Morgan fingerprint density at radius 3 is 3.22 bits per heavy atom. The van der Waals surface area contributed by atoms with E-state index in [-0.39, 0.29) is 5.91 Å². The van der Waals surface area contributed by atoms with Crippen molar-refractivity contribution in [3.63, 3.8) is 0 Å². The van der Waals surface area contributed by atoms with Gasteiger partial charge in [-0.05, 0) is 0 Å². The number of hydrogen-bond donors (Lipinski definition) is 2. The molecule has 0 saturated heterocycles. The zero-order valence-electron chi connectivity index (χ0n) is 4.93. The van der Waals surface area contributed by atoms with Crippen molar-refractivity contribution in [2.75, 3.05) is 7.05 Å². The molecule has 0 bridgehead atoms. The largest absolute Gasteiger partial charge is 0.355 e. The van der Waals surface area contributed by atoms with Gasteiger partial charge in [-0.1, -0.05) is 0 Å². The maximum absolute atomic E-state index is 10.7. The van der Waals surface area contributed by atoms with Gasteiger partial charge in [0.25, 0.3) is 5.91 Å². The predicted molar refractivity (Wildman–Crippen MR) is 30.8 cm³/mol. The number of carbonyl (C=O) groups is 1. The molecule has 47 valence electrons. The molecule has 1 aromatic rings. The SMILES string of the molecule is CNC(=O)c1[c]n[nH]c1. The average Bonchev–Trinajstić information content (AvgIpc) is 2.37. The maximum atomic E-state index is 10.7. The molecule has 0 saturated carbocycles. The molecule has 4 nitrogen and oxygen atoms in total.